The second kappa shape index (κ2) is 7.94. The molecule has 1 N–H and O–H groups in total. The summed E-state index contributed by atoms with van der Waals surface area (Å²) >= 11 is 0. The molecule has 1 heterocycles. The lowest BCUT2D eigenvalue weighted by molar-refractivity contribution is -0.137. The van der Waals surface area contributed by atoms with Crippen molar-refractivity contribution < 1.29 is 9.59 Å². The Labute approximate surface area is 132 Å². The number of hydrogen-bond acceptors (Lipinski definition) is 3. The number of likely N-dealkylation sites (tertiary alicyclic amines) is 1. The quantitative estimate of drug-likeness (QED) is 0.865. The third kappa shape index (κ3) is 4.56. The number of carbonyl (C=O) groups is 2. The molecule has 1 atom stereocenters. The highest BCUT2D eigenvalue weighted by atomic mass is 16.2. The first-order valence-electron chi connectivity index (χ1n) is 7.84. The maximum Gasteiger partial charge on any atom is 0.239 e. The summed E-state index contributed by atoms with van der Waals surface area (Å²) in [6.45, 7) is 1.41. The fourth-order valence-corrected chi connectivity index (χ4v) is 2.74. The minimum absolute atomic E-state index is 0.0852. The van der Waals surface area contributed by atoms with Crippen LogP contribution in [-0.2, 0) is 9.59 Å². The monoisotopic (exact) mass is 303 g/mol. The normalized spacial score (nSPS) is 16.7. The highest BCUT2D eigenvalue weighted by Gasteiger charge is 2.21. The van der Waals surface area contributed by atoms with Crippen LogP contribution in [0.2, 0.25) is 0 Å². The molecule has 2 rings (SSSR count). The molecule has 0 spiro atoms. The van der Waals surface area contributed by atoms with Gasteiger partial charge in [-0.3, -0.25) is 9.59 Å². The minimum Gasteiger partial charge on any atom is -0.353 e. The maximum absolute atomic E-state index is 12.1. The highest BCUT2D eigenvalue weighted by molar-refractivity contribution is 5.85. The van der Waals surface area contributed by atoms with Gasteiger partial charge in [0.25, 0.3) is 0 Å². The first-order chi connectivity index (χ1) is 10.6. The largest absolute Gasteiger partial charge is 0.353 e. The minimum atomic E-state index is -0.0852. The van der Waals surface area contributed by atoms with Crippen LogP contribution in [0.1, 0.15) is 30.9 Å². The van der Waals surface area contributed by atoms with Gasteiger partial charge < -0.3 is 15.1 Å². The van der Waals surface area contributed by atoms with E-state index in [0.717, 1.165) is 12.8 Å². The summed E-state index contributed by atoms with van der Waals surface area (Å²) in [5, 5.41) is 2.96. The van der Waals surface area contributed by atoms with Gasteiger partial charge in [0.1, 0.15) is 0 Å². The lowest BCUT2D eigenvalue weighted by Gasteiger charge is -2.28. The SMILES string of the molecule is CN(C)C(CNC(=O)CN1CCCCC1=O)c1ccccc1. The van der Waals surface area contributed by atoms with Crippen molar-refractivity contribution in [3.63, 3.8) is 0 Å². The average molecular weight is 303 g/mol. The number of benzene rings is 1. The number of nitrogens with zero attached hydrogens (tertiary/aromatic N) is 2. The van der Waals surface area contributed by atoms with Crippen molar-refractivity contribution in [1.29, 1.82) is 0 Å². The van der Waals surface area contributed by atoms with Crippen LogP contribution in [0.5, 0.6) is 0 Å². The van der Waals surface area contributed by atoms with E-state index in [1.807, 2.05) is 32.3 Å². The Hall–Kier alpha value is -1.88. The van der Waals surface area contributed by atoms with E-state index < -0.39 is 0 Å². The number of hydrogen-bond donors (Lipinski definition) is 1. The van der Waals surface area contributed by atoms with Crippen LogP contribution in [0.15, 0.2) is 30.3 Å². The molecule has 1 fully saturated rings. The lowest BCUT2D eigenvalue weighted by atomic mass is 10.1. The summed E-state index contributed by atoms with van der Waals surface area (Å²) in [6.07, 6.45) is 2.49. The van der Waals surface area contributed by atoms with Gasteiger partial charge in [0.05, 0.1) is 12.6 Å². The Balaban J connectivity index is 1.87. The first kappa shape index (κ1) is 16.5. The van der Waals surface area contributed by atoms with E-state index in [1.54, 1.807) is 4.90 Å². The highest BCUT2D eigenvalue weighted by Crippen LogP contribution is 2.16. The average Bonchev–Trinajstić information content (AvgIpc) is 2.50. The van der Waals surface area contributed by atoms with Gasteiger partial charge in [-0.15, -0.1) is 0 Å². The standard InChI is InChI=1S/C17H25N3O2/c1-19(2)15(14-8-4-3-5-9-14)12-18-16(21)13-20-11-7-6-10-17(20)22/h3-5,8-9,15H,6-7,10-13H2,1-2H3,(H,18,21). The number of piperidine rings is 1. The van der Waals surface area contributed by atoms with Crippen molar-refractivity contribution in [2.75, 3.05) is 33.7 Å². The molecule has 0 aliphatic carbocycles. The Morgan fingerprint density at radius 1 is 1.27 bits per heavy atom. The van der Waals surface area contributed by atoms with E-state index in [2.05, 4.69) is 22.3 Å². The molecule has 0 aromatic heterocycles. The van der Waals surface area contributed by atoms with E-state index in [-0.39, 0.29) is 24.4 Å². The van der Waals surface area contributed by atoms with E-state index in [9.17, 15) is 9.59 Å². The summed E-state index contributed by atoms with van der Waals surface area (Å²) in [4.78, 5) is 27.6. The third-order valence-corrected chi connectivity index (χ3v) is 4.06. The molecule has 5 nitrogen and oxygen atoms in total. The van der Waals surface area contributed by atoms with Crippen molar-refractivity contribution in [2.45, 2.75) is 25.3 Å². The maximum atomic E-state index is 12.1. The molecule has 0 radical (unpaired) electrons. The van der Waals surface area contributed by atoms with Gasteiger partial charge in [-0.05, 0) is 32.5 Å². The molecule has 1 aromatic carbocycles. The fourth-order valence-electron chi connectivity index (χ4n) is 2.74. The molecule has 1 saturated heterocycles. The van der Waals surface area contributed by atoms with E-state index in [0.29, 0.717) is 19.5 Å². The summed E-state index contributed by atoms with van der Waals surface area (Å²) < 4.78 is 0. The van der Waals surface area contributed by atoms with Crippen LogP contribution in [-0.4, -0.2) is 55.3 Å². The Morgan fingerprint density at radius 2 is 2.00 bits per heavy atom. The van der Waals surface area contributed by atoms with Gasteiger partial charge in [0, 0.05) is 19.5 Å². The molecule has 1 aliphatic heterocycles. The van der Waals surface area contributed by atoms with Gasteiger partial charge in [-0.25, -0.2) is 0 Å². The van der Waals surface area contributed by atoms with Gasteiger partial charge in [0.2, 0.25) is 11.8 Å². The molecule has 22 heavy (non-hydrogen) atoms. The first-order valence-corrected chi connectivity index (χ1v) is 7.84. The van der Waals surface area contributed by atoms with Crippen LogP contribution in [0.3, 0.4) is 0 Å². The van der Waals surface area contributed by atoms with Gasteiger partial charge >= 0.3 is 0 Å². The van der Waals surface area contributed by atoms with Crippen molar-refractivity contribution in [3.8, 4) is 0 Å². The smallest absolute Gasteiger partial charge is 0.239 e. The summed E-state index contributed by atoms with van der Waals surface area (Å²) in [5.74, 6) is 0.00616. The van der Waals surface area contributed by atoms with Crippen LogP contribution >= 0.6 is 0 Å². The third-order valence-electron chi connectivity index (χ3n) is 4.06. The van der Waals surface area contributed by atoms with Gasteiger partial charge in [-0.1, -0.05) is 30.3 Å². The second-order valence-electron chi connectivity index (χ2n) is 5.97. The fraction of sp³-hybridized carbons (Fsp3) is 0.529. The predicted octanol–water partition coefficient (Wildman–Crippen LogP) is 1.42. The Bertz CT molecular complexity index is 502. The van der Waals surface area contributed by atoms with E-state index in [4.69, 9.17) is 0 Å². The van der Waals surface area contributed by atoms with E-state index >= 15 is 0 Å². The molecule has 0 bridgehead atoms. The molecule has 1 aromatic rings. The molecular formula is C17H25N3O2. The number of amides is 2. The van der Waals surface area contributed by atoms with Crippen molar-refractivity contribution in [3.05, 3.63) is 35.9 Å². The van der Waals surface area contributed by atoms with Crippen molar-refractivity contribution in [2.24, 2.45) is 0 Å². The Morgan fingerprint density at radius 3 is 2.64 bits per heavy atom. The lowest BCUT2D eigenvalue weighted by Crippen LogP contribution is -2.44. The predicted molar refractivity (Wildman–Crippen MR) is 86.3 cm³/mol. The van der Waals surface area contributed by atoms with Gasteiger partial charge in [0.15, 0.2) is 0 Å². The van der Waals surface area contributed by atoms with E-state index in [1.165, 1.54) is 5.56 Å². The van der Waals surface area contributed by atoms with Crippen LogP contribution in [0, 0.1) is 0 Å². The number of carbonyl (C=O) groups excluding carboxylic acids is 2. The Kier molecular flexibility index (Phi) is 5.95. The van der Waals surface area contributed by atoms with Crippen molar-refractivity contribution in [1.82, 2.24) is 15.1 Å². The zero-order chi connectivity index (χ0) is 15.9. The summed E-state index contributed by atoms with van der Waals surface area (Å²) in [7, 11) is 4.00. The van der Waals surface area contributed by atoms with Crippen LogP contribution in [0.25, 0.3) is 0 Å². The topological polar surface area (TPSA) is 52.7 Å². The molecule has 2 amide bonds. The van der Waals surface area contributed by atoms with Crippen LogP contribution in [0.4, 0.5) is 0 Å². The number of likely N-dealkylation sites (N-methyl/N-ethyl adjacent to an activating group) is 1. The molecular weight excluding hydrogens is 278 g/mol. The molecule has 1 aliphatic rings. The summed E-state index contributed by atoms with van der Waals surface area (Å²) in [5.41, 5.74) is 1.17. The number of rotatable bonds is 6. The zero-order valence-electron chi connectivity index (χ0n) is 13.4. The molecule has 5 heteroatoms. The number of nitrogens with one attached hydrogen (secondary N) is 1. The van der Waals surface area contributed by atoms with Crippen molar-refractivity contribution >= 4 is 11.8 Å². The molecule has 1 unspecified atom stereocenters. The zero-order valence-corrected chi connectivity index (χ0v) is 13.4. The molecule has 120 valence electrons. The van der Waals surface area contributed by atoms with Crippen LogP contribution < -0.4 is 5.32 Å². The van der Waals surface area contributed by atoms with Gasteiger partial charge in [-0.2, -0.15) is 0 Å². The summed E-state index contributed by atoms with van der Waals surface area (Å²) in [6, 6.07) is 10.2. The molecule has 0 saturated carbocycles. The second-order valence-corrected chi connectivity index (χ2v) is 5.97.